The van der Waals surface area contributed by atoms with Crippen molar-refractivity contribution in [2.45, 2.75) is 38.8 Å². The first-order valence-corrected chi connectivity index (χ1v) is 13.9. The van der Waals surface area contributed by atoms with E-state index in [2.05, 4.69) is 44.8 Å². The van der Waals surface area contributed by atoms with Gasteiger partial charge in [0.2, 0.25) is 0 Å². The Labute approximate surface area is 209 Å². The molecule has 3 atom stereocenters. The van der Waals surface area contributed by atoms with E-state index >= 15 is 0 Å². The molecule has 2 aliphatic rings. The molecule has 1 aromatic carbocycles. The van der Waals surface area contributed by atoms with E-state index in [4.69, 9.17) is 9.76 Å². The van der Waals surface area contributed by atoms with Gasteiger partial charge in [-0.05, 0) is 26.0 Å². The fourth-order valence-electron chi connectivity index (χ4n) is 5.76. The highest BCUT2D eigenvalue weighted by molar-refractivity contribution is 7.85. The molecule has 10 nitrogen and oxygen atoms in total. The van der Waals surface area contributed by atoms with E-state index < -0.39 is 15.5 Å². The minimum Gasteiger partial charge on any atom is -0.353 e. The summed E-state index contributed by atoms with van der Waals surface area (Å²) in [7, 11) is -2.86. The van der Waals surface area contributed by atoms with Crippen molar-refractivity contribution < 1.29 is 8.51 Å². The van der Waals surface area contributed by atoms with Crippen molar-refractivity contribution in [2.24, 2.45) is 0 Å². The molecule has 184 valence electrons. The Morgan fingerprint density at radius 2 is 2.00 bits per heavy atom. The third-order valence-electron chi connectivity index (χ3n) is 7.34. The number of hydrogen-bond donors (Lipinski definition) is 3. The first kappa shape index (κ1) is 22.7. The van der Waals surface area contributed by atoms with E-state index in [9.17, 15) is 4.21 Å². The first-order valence-electron chi connectivity index (χ1n) is 12.0. The van der Waals surface area contributed by atoms with Crippen molar-refractivity contribution in [1.82, 2.24) is 29.5 Å². The summed E-state index contributed by atoms with van der Waals surface area (Å²) in [6.07, 6.45) is 8.31. The Morgan fingerprint density at radius 1 is 1.22 bits per heavy atom. The molecule has 6 rings (SSSR count). The lowest BCUT2D eigenvalue weighted by Gasteiger charge is -2.32. The van der Waals surface area contributed by atoms with Crippen LogP contribution in [0.1, 0.15) is 31.2 Å². The topological polar surface area (TPSA) is 127 Å². The smallest absolute Gasteiger partial charge is 0.188 e. The third kappa shape index (κ3) is 3.19. The van der Waals surface area contributed by atoms with Gasteiger partial charge >= 0.3 is 0 Å². The maximum absolute atomic E-state index is 13.0. The van der Waals surface area contributed by atoms with Gasteiger partial charge in [-0.25, -0.2) is 34.0 Å². The molecule has 1 saturated heterocycles. The summed E-state index contributed by atoms with van der Waals surface area (Å²) in [5.41, 5.74) is 6.02. The van der Waals surface area contributed by atoms with Crippen LogP contribution in [0.4, 0.5) is 5.69 Å². The number of aromatic nitrogens is 6. The predicted octanol–water partition coefficient (Wildman–Crippen LogP) is 2.68. The number of quaternary nitrogens is 1. The van der Waals surface area contributed by atoms with Crippen LogP contribution >= 0.6 is 0 Å². The van der Waals surface area contributed by atoms with Crippen LogP contribution < -0.4 is 9.62 Å². The van der Waals surface area contributed by atoms with Crippen molar-refractivity contribution in [3.05, 3.63) is 60.6 Å². The van der Waals surface area contributed by atoms with Crippen LogP contribution in [0.15, 0.2) is 49.2 Å². The lowest BCUT2D eigenvalue weighted by molar-refractivity contribution is -0.811. The Morgan fingerprint density at radius 3 is 2.72 bits per heavy atom. The number of nitrogens with zero attached hydrogens (tertiary/aromatic N) is 6. The fraction of sp³-hybridized carbons (Fsp3) is 0.320. The number of hydrogen-bond acceptors (Lipinski definition) is 8. The van der Waals surface area contributed by atoms with Crippen LogP contribution in [0, 0.1) is 11.7 Å². The average molecular weight is 503 g/mol. The summed E-state index contributed by atoms with van der Waals surface area (Å²) in [5, 5.41) is 3.41. The van der Waals surface area contributed by atoms with E-state index in [0.717, 1.165) is 62.4 Å². The highest BCUT2D eigenvalue weighted by Gasteiger charge is 2.56. The van der Waals surface area contributed by atoms with Gasteiger partial charge < -0.3 is 9.88 Å². The second-order valence-electron chi connectivity index (χ2n) is 9.48. The largest absolute Gasteiger partial charge is 0.353 e. The summed E-state index contributed by atoms with van der Waals surface area (Å²) in [6, 6.07) is 6.12. The molecule has 3 aromatic heterocycles. The van der Waals surface area contributed by atoms with Crippen molar-refractivity contribution in [3.8, 4) is 22.6 Å². The number of imidazole rings is 1. The highest BCUT2D eigenvalue weighted by Crippen LogP contribution is 2.46. The Balaban J connectivity index is 1.54. The standard InChI is InChI=1S/C25H27N9OS/c1-5-33-23(18-12-27-16(3)28-13-18)32-22-21(29-14-30-24(22)33)17-7-8-20-19(11-17)25(15(2)31-20)9-6-10-34(25)36(4,26)35/h7-8,11-14,26,31H,2,5-6,9-10H2,1,3-4H3/p+1. The van der Waals surface area contributed by atoms with Crippen molar-refractivity contribution in [1.29, 1.82) is 4.78 Å². The molecule has 0 radical (unpaired) electrons. The Kier molecular flexibility index (Phi) is 4.99. The molecule has 1 fully saturated rings. The molecular formula is C25H28N9OS+. The van der Waals surface area contributed by atoms with Gasteiger partial charge in [0.15, 0.2) is 21.1 Å². The van der Waals surface area contributed by atoms with Crippen LogP contribution in [-0.2, 0) is 22.0 Å². The zero-order valence-corrected chi connectivity index (χ0v) is 21.3. The SMILES string of the molecule is C=C1Nc2ccc(-c3ncnc4c3nc(-c3cnc(C)nc3)n4CC)cc2C12CCC[NH+]2S(C)(=N)=O. The number of nitrogens with one attached hydrogen (secondary N) is 3. The number of rotatable bonds is 4. The van der Waals surface area contributed by atoms with Crippen molar-refractivity contribution >= 4 is 26.8 Å². The van der Waals surface area contributed by atoms with Crippen LogP contribution in [0.2, 0.25) is 0 Å². The number of fused-ring (bicyclic) bond motifs is 3. The number of aryl methyl sites for hydroxylation is 2. The van der Waals surface area contributed by atoms with E-state index in [1.807, 2.05) is 23.6 Å². The maximum Gasteiger partial charge on any atom is 0.188 e. The molecule has 11 heteroatoms. The molecule has 36 heavy (non-hydrogen) atoms. The summed E-state index contributed by atoms with van der Waals surface area (Å²) in [4.78, 5) is 22.8. The Hall–Kier alpha value is -3.70. The molecule has 1 spiro atoms. The van der Waals surface area contributed by atoms with Gasteiger partial charge in [-0.3, -0.25) is 0 Å². The fourth-order valence-corrected chi connectivity index (χ4v) is 7.29. The van der Waals surface area contributed by atoms with E-state index in [1.54, 1.807) is 18.7 Å². The van der Waals surface area contributed by atoms with Crippen molar-refractivity contribution in [2.75, 3.05) is 18.1 Å². The third-order valence-corrected chi connectivity index (χ3v) is 8.84. The Bertz CT molecular complexity index is 1640. The van der Waals surface area contributed by atoms with Gasteiger partial charge in [0.05, 0.1) is 24.1 Å². The van der Waals surface area contributed by atoms with E-state index in [1.165, 1.54) is 6.26 Å². The van der Waals surface area contributed by atoms with Crippen LogP contribution in [0.25, 0.3) is 33.8 Å². The molecular weight excluding hydrogens is 474 g/mol. The van der Waals surface area contributed by atoms with Gasteiger partial charge in [-0.1, -0.05) is 12.6 Å². The molecule has 3 unspecified atom stereocenters. The van der Waals surface area contributed by atoms with E-state index in [0.29, 0.717) is 24.4 Å². The second kappa shape index (κ2) is 7.90. The quantitative estimate of drug-likeness (QED) is 0.392. The molecule has 4 aromatic rings. The van der Waals surface area contributed by atoms with Crippen LogP contribution in [0.5, 0.6) is 0 Å². The van der Waals surface area contributed by atoms with Crippen LogP contribution in [0.3, 0.4) is 0 Å². The average Bonchev–Trinajstić information content (AvgIpc) is 3.54. The van der Waals surface area contributed by atoms with Gasteiger partial charge in [-0.15, -0.1) is 0 Å². The molecule has 3 N–H and O–H groups in total. The molecule has 5 heterocycles. The molecule has 0 aliphatic carbocycles. The predicted molar refractivity (Wildman–Crippen MR) is 138 cm³/mol. The minimum atomic E-state index is -2.86. The monoisotopic (exact) mass is 502 g/mol. The molecule has 0 saturated carbocycles. The van der Waals surface area contributed by atoms with Gasteiger partial charge in [0.25, 0.3) is 0 Å². The lowest BCUT2D eigenvalue weighted by atomic mass is 9.87. The van der Waals surface area contributed by atoms with Gasteiger partial charge in [-0.2, -0.15) is 4.21 Å². The zero-order valence-electron chi connectivity index (χ0n) is 20.5. The van der Waals surface area contributed by atoms with Crippen molar-refractivity contribution in [3.63, 3.8) is 0 Å². The highest BCUT2D eigenvalue weighted by atomic mass is 32.2. The lowest BCUT2D eigenvalue weighted by Crippen LogP contribution is -3.18. The first-order chi connectivity index (χ1) is 17.2. The number of anilines is 1. The zero-order chi connectivity index (χ0) is 25.2. The van der Waals surface area contributed by atoms with E-state index in [-0.39, 0.29) is 0 Å². The summed E-state index contributed by atoms with van der Waals surface area (Å²) < 4.78 is 24.2. The summed E-state index contributed by atoms with van der Waals surface area (Å²) in [6.45, 7) is 9.55. The summed E-state index contributed by atoms with van der Waals surface area (Å²) >= 11 is 0. The normalized spacial score (nSPS) is 22.6. The van der Waals surface area contributed by atoms with Crippen LogP contribution in [-0.4, -0.2) is 46.5 Å². The molecule has 0 bridgehead atoms. The maximum atomic E-state index is 13.0. The second-order valence-corrected chi connectivity index (χ2v) is 11.7. The molecule has 0 amide bonds. The minimum absolute atomic E-state index is 0.599. The molecule has 2 aliphatic heterocycles. The van der Waals surface area contributed by atoms with Gasteiger partial charge in [0.1, 0.15) is 29.2 Å². The van der Waals surface area contributed by atoms with Gasteiger partial charge in [0, 0.05) is 48.6 Å². The summed E-state index contributed by atoms with van der Waals surface area (Å²) in [5.74, 6) is 1.45. The number of benzene rings is 1.